The van der Waals surface area contributed by atoms with Crippen molar-refractivity contribution in [2.75, 3.05) is 5.75 Å². The second-order valence-corrected chi connectivity index (χ2v) is 6.34. The Balaban J connectivity index is 2.04. The van der Waals surface area contributed by atoms with Crippen molar-refractivity contribution in [1.29, 1.82) is 0 Å². The van der Waals surface area contributed by atoms with E-state index >= 15 is 0 Å². The zero-order valence-electron chi connectivity index (χ0n) is 9.43. The number of fused-ring (bicyclic) bond motifs is 1. The molecule has 0 radical (unpaired) electrons. The van der Waals surface area contributed by atoms with Crippen LogP contribution in [0.25, 0.3) is 10.1 Å². The van der Waals surface area contributed by atoms with Crippen LogP contribution in [0.3, 0.4) is 0 Å². The number of benzene rings is 1. The molecule has 2 aromatic rings. The number of aliphatic carboxylic acids is 1. The molecule has 6 heteroatoms. The molecule has 1 aromatic carbocycles. The highest BCUT2D eigenvalue weighted by atomic mass is 35.5. The van der Waals surface area contributed by atoms with E-state index < -0.39 is 12.0 Å². The molecule has 18 heavy (non-hydrogen) atoms. The number of thioether (sulfide) groups is 1. The Hall–Kier alpha value is -0.750. The number of carboxylic acid groups (broad SMARTS) is 1. The van der Waals surface area contributed by atoms with Crippen LogP contribution >= 0.6 is 34.7 Å². The van der Waals surface area contributed by atoms with E-state index in [-0.39, 0.29) is 0 Å². The molecule has 0 saturated heterocycles. The third-order valence-electron chi connectivity index (χ3n) is 2.45. The van der Waals surface area contributed by atoms with Crippen molar-refractivity contribution in [3.63, 3.8) is 0 Å². The molecule has 0 bridgehead atoms. The van der Waals surface area contributed by atoms with Gasteiger partial charge in [0.15, 0.2) is 0 Å². The molecule has 0 saturated carbocycles. The molecule has 0 amide bonds. The molecule has 2 rings (SSSR count). The topological polar surface area (TPSA) is 63.3 Å². The molecule has 3 N–H and O–H groups in total. The van der Waals surface area contributed by atoms with Crippen molar-refractivity contribution >= 4 is 50.8 Å². The average Bonchev–Trinajstić information content (AvgIpc) is 2.67. The Bertz CT molecular complexity index is 570. The quantitative estimate of drug-likeness (QED) is 0.890. The lowest BCUT2D eigenvalue weighted by Crippen LogP contribution is -2.32. The SMILES string of the molecule is N[C@@H](CSCc1sc2ccccc2c1Cl)C(=O)O. The van der Waals surface area contributed by atoms with E-state index in [9.17, 15) is 4.79 Å². The Kier molecular flexibility index (Phi) is 4.50. The van der Waals surface area contributed by atoms with Crippen molar-refractivity contribution in [3.8, 4) is 0 Å². The first kappa shape index (κ1) is 13.7. The minimum absolute atomic E-state index is 0.389. The molecule has 1 heterocycles. The van der Waals surface area contributed by atoms with Gasteiger partial charge in [0.1, 0.15) is 6.04 Å². The van der Waals surface area contributed by atoms with Gasteiger partial charge in [0, 0.05) is 26.5 Å². The standard InChI is InChI=1S/C12H12ClNO2S2/c13-11-7-3-1-2-4-9(7)18-10(11)6-17-5-8(14)12(15)16/h1-4,8H,5-6,14H2,(H,15,16)/t8-/m0/s1. The maximum atomic E-state index is 10.6. The van der Waals surface area contributed by atoms with E-state index in [1.807, 2.05) is 24.3 Å². The second-order valence-electron chi connectivity index (χ2n) is 3.80. The molecule has 0 fully saturated rings. The maximum Gasteiger partial charge on any atom is 0.321 e. The maximum absolute atomic E-state index is 10.6. The third kappa shape index (κ3) is 2.98. The van der Waals surface area contributed by atoms with Crippen LogP contribution in [0.2, 0.25) is 5.02 Å². The Morgan fingerprint density at radius 1 is 1.50 bits per heavy atom. The molecule has 0 aliphatic heterocycles. The Labute approximate surface area is 118 Å². The van der Waals surface area contributed by atoms with Crippen LogP contribution in [0, 0.1) is 0 Å². The largest absolute Gasteiger partial charge is 0.480 e. The third-order valence-corrected chi connectivity index (χ3v) is 5.43. The van der Waals surface area contributed by atoms with E-state index in [2.05, 4.69) is 0 Å². The second kappa shape index (κ2) is 5.93. The van der Waals surface area contributed by atoms with Crippen LogP contribution in [-0.2, 0) is 10.5 Å². The summed E-state index contributed by atoms with van der Waals surface area (Å²) in [7, 11) is 0. The molecule has 0 unspecified atom stereocenters. The van der Waals surface area contributed by atoms with Gasteiger partial charge >= 0.3 is 5.97 Å². The van der Waals surface area contributed by atoms with E-state index in [1.54, 1.807) is 11.3 Å². The van der Waals surface area contributed by atoms with Gasteiger partial charge in [0.05, 0.1) is 5.02 Å². The average molecular weight is 302 g/mol. The van der Waals surface area contributed by atoms with Gasteiger partial charge in [-0.1, -0.05) is 29.8 Å². The summed E-state index contributed by atoms with van der Waals surface area (Å²) >= 11 is 9.42. The first-order chi connectivity index (χ1) is 8.59. The summed E-state index contributed by atoms with van der Waals surface area (Å²) in [6, 6.07) is 7.14. The van der Waals surface area contributed by atoms with Gasteiger partial charge < -0.3 is 10.8 Å². The van der Waals surface area contributed by atoms with Gasteiger partial charge in [0.25, 0.3) is 0 Å². The lowest BCUT2D eigenvalue weighted by atomic mass is 10.2. The number of thiophene rings is 1. The summed E-state index contributed by atoms with van der Waals surface area (Å²) in [4.78, 5) is 11.7. The molecule has 96 valence electrons. The van der Waals surface area contributed by atoms with E-state index in [4.69, 9.17) is 22.4 Å². The zero-order valence-corrected chi connectivity index (χ0v) is 11.8. The van der Waals surface area contributed by atoms with Gasteiger partial charge in [-0.05, 0) is 6.07 Å². The fourth-order valence-corrected chi connectivity index (χ4v) is 4.21. The summed E-state index contributed by atoms with van der Waals surface area (Å²) < 4.78 is 1.15. The van der Waals surface area contributed by atoms with Crippen LogP contribution in [0.1, 0.15) is 4.88 Å². The normalized spacial score (nSPS) is 12.8. The number of hydrogen-bond acceptors (Lipinski definition) is 4. The molecule has 0 aliphatic carbocycles. The van der Waals surface area contributed by atoms with Crippen molar-refractivity contribution in [3.05, 3.63) is 34.2 Å². The highest BCUT2D eigenvalue weighted by Crippen LogP contribution is 2.37. The number of halogens is 1. The molecule has 0 aliphatic rings. The summed E-state index contributed by atoms with van der Waals surface area (Å²) in [6.07, 6.45) is 0. The van der Waals surface area contributed by atoms with Gasteiger partial charge in [-0.25, -0.2) is 0 Å². The van der Waals surface area contributed by atoms with Crippen molar-refractivity contribution in [2.45, 2.75) is 11.8 Å². The van der Waals surface area contributed by atoms with Gasteiger partial charge in [-0.2, -0.15) is 11.8 Å². The molecule has 1 aromatic heterocycles. The molecule has 0 spiro atoms. The first-order valence-electron chi connectivity index (χ1n) is 5.31. The fourth-order valence-electron chi connectivity index (χ4n) is 1.51. The van der Waals surface area contributed by atoms with Crippen molar-refractivity contribution in [2.24, 2.45) is 5.73 Å². The van der Waals surface area contributed by atoms with Crippen LogP contribution in [0.4, 0.5) is 0 Å². The number of rotatable bonds is 5. The molecular formula is C12H12ClNO2S2. The number of carbonyl (C=O) groups is 1. The summed E-state index contributed by atoms with van der Waals surface area (Å²) in [5.74, 6) is 0.115. The molecule has 1 atom stereocenters. The highest BCUT2D eigenvalue weighted by molar-refractivity contribution is 7.98. The summed E-state index contributed by atoms with van der Waals surface area (Å²) in [6.45, 7) is 0. The fraction of sp³-hybridized carbons (Fsp3) is 0.250. The van der Waals surface area contributed by atoms with E-state index in [0.29, 0.717) is 11.5 Å². The van der Waals surface area contributed by atoms with E-state index in [1.165, 1.54) is 11.8 Å². The smallest absolute Gasteiger partial charge is 0.321 e. The van der Waals surface area contributed by atoms with Crippen LogP contribution in [0.5, 0.6) is 0 Å². The summed E-state index contributed by atoms with van der Waals surface area (Å²) in [5.41, 5.74) is 5.44. The van der Waals surface area contributed by atoms with Crippen molar-refractivity contribution < 1.29 is 9.90 Å². The number of hydrogen-bond donors (Lipinski definition) is 2. The van der Waals surface area contributed by atoms with Gasteiger partial charge in [0.2, 0.25) is 0 Å². The van der Waals surface area contributed by atoms with Gasteiger partial charge in [-0.3, -0.25) is 4.79 Å². The zero-order chi connectivity index (χ0) is 13.1. The van der Waals surface area contributed by atoms with E-state index in [0.717, 1.165) is 20.0 Å². The number of nitrogens with two attached hydrogens (primary N) is 1. The van der Waals surface area contributed by atoms with Crippen LogP contribution in [-0.4, -0.2) is 22.9 Å². The lowest BCUT2D eigenvalue weighted by Gasteiger charge is -2.04. The molecular weight excluding hydrogens is 290 g/mol. The first-order valence-corrected chi connectivity index (χ1v) is 7.66. The number of carboxylic acids is 1. The van der Waals surface area contributed by atoms with Gasteiger partial charge in [-0.15, -0.1) is 11.3 Å². The predicted molar refractivity (Wildman–Crippen MR) is 78.6 cm³/mol. The van der Waals surface area contributed by atoms with Crippen molar-refractivity contribution in [1.82, 2.24) is 0 Å². The Morgan fingerprint density at radius 3 is 2.89 bits per heavy atom. The monoisotopic (exact) mass is 301 g/mol. The minimum Gasteiger partial charge on any atom is -0.480 e. The Morgan fingerprint density at radius 2 is 2.22 bits per heavy atom. The minimum atomic E-state index is -0.968. The highest BCUT2D eigenvalue weighted by Gasteiger charge is 2.13. The predicted octanol–water partition coefficient (Wildman–Crippen LogP) is 3.20. The van der Waals surface area contributed by atoms with Crippen LogP contribution in [0.15, 0.2) is 24.3 Å². The lowest BCUT2D eigenvalue weighted by molar-refractivity contribution is -0.137. The summed E-state index contributed by atoms with van der Waals surface area (Å²) in [5, 5.41) is 10.5. The molecule has 3 nitrogen and oxygen atoms in total. The van der Waals surface area contributed by atoms with Crippen LogP contribution < -0.4 is 5.73 Å².